The summed E-state index contributed by atoms with van der Waals surface area (Å²) in [6.07, 6.45) is 9.63. The smallest absolute Gasteiger partial charge is 0.263 e. The molecule has 0 saturated heterocycles. The number of fused-ring (bicyclic) bond motifs is 1. The number of benzene rings is 1. The van der Waals surface area contributed by atoms with Gasteiger partial charge in [0.1, 0.15) is 5.82 Å². The van der Waals surface area contributed by atoms with Crippen molar-refractivity contribution in [3.63, 3.8) is 0 Å². The van der Waals surface area contributed by atoms with Gasteiger partial charge in [0.2, 0.25) is 5.91 Å². The molecule has 0 bridgehead atoms. The first-order chi connectivity index (χ1) is 15.5. The number of nitrogens with one attached hydrogen (secondary N) is 1. The third kappa shape index (κ3) is 4.52. The van der Waals surface area contributed by atoms with Crippen molar-refractivity contribution in [2.75, 3.05) is 6.54 Å². The van der Waals surface area contributed by atoms with Gasteiger partial charge >= 0.3 is 0 Å². The molecule has 0 atom stereocenters. The van der Waals surface area contributed by atoms with Crippen molar-refractivity contribution in [3.8, 4) is 5.69 Å². The second-order valence-electron chi connectivity index (χ2n) is 8.43. The van der Waals surface area contributed by atoms with Gasteiger partial charge in [-0.3, -0.25) is 18.7 Å². The summed E-state index contributed by atoms with van der Waals surface area (Å²) < 4.78 is 17.0. The Bertz CT molecular complexity index is 1240. The van der Waals surface area contributed by atoms with E-state index in [9.17, 15) is 14.0 Å². The molecule has 6 nitrogen and oxygen atoms in total. The topological polar surface area (TPSA) is 68.9 Å². The molecule has 1 aliphatic rings. The number of allylic oxidation sites excluding steroid dienone is 1. The SMILES string of the molecule is Cc1c(C)n(-c2cccc(F)c2)c2ncn(CCC(=O)NCCC3=CCCCC3)c(=O)c12. The van der Waals surface area contributed by atoms with Crippen LogP contribution in [0.1, 0.15) is 49.8 Å². The van der Waals surface area contributed by atoms with Crippen LogP contribution < -0.4 is 10.9 Å². The molecule has 2 heterocycles. The number of rotatable bonds is 7. The highest BCUT2D eigenvalue weighted by molar-refractivity contribution is 5.83. The van der Waals surface area contributed by atoms with Crippen LogP contribution in [0.4, 0.5) is 4.39 Å². The predicted molar refractivity (Wildman–Crippen MR) is 124 cm³/mol. The summed E-state index contributed by atoms with van der Waals surface area (Å²) >= 11 is 0. The van der Waals surface area contributed by atoms with Gasteiger partial charge < -0.3 is 5.32 Å². The number of carbonyl (C=O) groups excluding carboxylic acids is 1. The third-order valence-corrected chi connectivity index (χ3v) is 6.28. The number of aromatic nitrogens is 3. The first-order valence-corrected chi connectivity index (χ1v) is 11.2. The van der Waals surface area contributed by atoms with Crippen molar-refractivity contribution in [2.45, 2.75) is 58.9 Å². The molecule has 0 unspecified atom stereocenters. The molecule has 0 saturated carbocycles. The van der Waals surface area contributed by atoms with Gasteiger partial charge in [-0.05, 0) is 69.7 Å². The second-order valence-corrected chi connectivity index (χ2v) is 8.43. The molecular formula is C25H29FN4O2. The number of aryl methyl sites for hydroxylation is 2. The summed E-state index contributed by atoms with van der Waals surface area (Å²) in [5, 5.41) is 3.45. The molecule has 0 radical (unpaired) electrons. The van der Waals surface area contributed by atoms with Gasteiger partial charge in [0.15, 0.2) is 5.65 Å². The van der Waals surface area contributed by atoms with E-state index in [1.54, 1.807) is 16.7 Å². The van der Waals surface area contributed by atoms with Gasteiger partial charge in [0.25, 0.3) is 5.56 Å². The van der Waals surface area contributed by atoms with Crippen LogP contribution in [0.3, 0.4) is 0 Å². The van der Waals surface area contributed by atoms with Gasteiger partial charge in [-0.2, -0.15) is 0 Å². The molecule has 1 aliphatic carbocycles. The van der Waals surface area contributed by atoms with E-state index in [0.717, 1.165) is 30.5 Å². The van der Waals surface area contributed by atoms with E-state index in [1.807, 2.05) is 13.8 Å². The lowest BCUT2D eigenvalue weighted by molar-refractivity contribution is -0.121. The van der Waals surface area contributed by atoms with E-state index in [-0.39, 0.29) is 30.2 Å². The number of halogens is 1. The predicted octanol–water partition coefficient (Wildman–Crippen LogP) is 4.34. The average Bonchev–Trinajstić information content (AvgIpc) is 3.04. The molecule has 32 heavy (non-hydrogen) atoms. The molecule has 2 aromatic heterocycles. The van der Waals surface area contributed by atoms with E-state index in [4.69, 9.17) is 0 Å². The van der Waals surface area contributed by atoms with Crippen molar-refractivity contribution in [1.82, 2.24) is 19.4 Å². The molecular weight excluding hydrogens is 407 g/mol. The standard InChI is InChI=1S/C25H29FN4O2/c1-17-18(2)30(21-10-6-9-20(26)15-21)24-23(17)25(32)29(16-28-24)14-12-22(31)27-13-11-19-7-4-3-5-8-19/h6-7,9-10,15-16H,3-5,8,11-14H2,1-2H3,(H,27,31). The van der Waals surface area contributed by atoms with Crippen molar-refractivity contribution in [1.29, 1.82) is 0 Å². The molecule has 7 heteroatoms. The Morgan fingerprint density at radius 3 is 2.84 bits per heavy atom. The number of hydrogen-bond acceptors (Lipinski definition) is 3. The monoisotopic (exact) mass is 436 g/mol. The molecule has 0 fully saturated rings. The Morgan fingerprint density at radius 1 is 1.25 bits per heavy atom. The lowest BCUT2D eigenvalue weighted by Crippen LogP contribution is -2.28. The highest BCUT2D eigenvalue weighted by Crippen LogP contribution is 2.25. The summed E-state index contributed by atoms with van der Waals surface area (Å²) in [6.45, 7) is 4.65. The largest absolute Gasteiger partial charge is 0.356 e. The van der Waals surface area contributed by atoms with Crippen molar-refractivity contribution in [2.24, 2.45) is 0 Å². The summed E-state index contributed by atoms with van der Waals surface area (Å²) in [5.41, 5.74) is 4.00. The van der Waals surface area contributed by atoms with Crippen molar-refractivity contribution in [3.05, 3.63) is 69.7 Å². The van der Waals surface area contributed by atoms with Crippen LogP contribution >= 0.6 is 0 Å². The molecule has 0 aliphatic heterocycles. The fourth-order valence-corrected chi connectivity index (χ4v) is 4.38. The maximum Gasteiger partial charge on any atom is 0.263 e. The van der Waals surface area contributed by atoms with Crippen LogP contribution in [0.5, 0.6) is 0 Å². The number of nitrogens with zero attached hydrogens (tertiary/aromatic N) is 3. The summed E-state index contributed by atoms with van der Waals surface area (Å²) in [5.74, 6) is -0.417. The summed E-state index contributed by atoms with van der Waals surface area (Å²) in [6, 6.07) is 6.23. The van der Waals surface area contributed by atoms with Crippen LogP contribution in [-0.2, 0) is 11.3 Å². The Labute approximate surface area is 186 Å². The van der Waals surface area contributed by atoms with Crippen LogP contribution in [0.25, 0.3) is 16.7 Å². The minimum absolute atomic E-state index is 0.0707. The third-order valence-electron chi connectivity index (χ3n) is 6.28. The highest BCUT2D eigenvalue weighted by atomic mass is 19.1. The zero-order valence-corrected chi connectivity index (χ0v) is 18.7. The van der Waals surface area contributed by atoms with Gasteiger partial charge in [-0.25, -0.2) is 9.37 Å². The molecule has 168 valence electrons. The van der Waals surface area contributed by atoms with E-state index in [2.05, 4.69) is 16.4 Å². The van der Waals surface area contributed by atoms with Crippen LogP contribution in [0, 0.1) is 19.7 Å². The normalized spacial score (nSPS) is 13.9. The summed E-state index contributed by atoms with van der Waals surface area (Å²) in [7, 11) is 0. The average molecular weight is 437 g/mol. The van der Waals surface area contributed by atoms with Crippen LogP contribution in [0.15, 0.2) is 47.0 Å². The van der Waals surface area contributed by atoms with Crippen molar-refractivity contribution < 1.29 is 9.18 Å². The molecule has 3 aromatic rings. The minimum atomic E-state index is -0.347. The molecule has 1 aromatic carbocycles. The lowest BCUT2D eigenvalue weighted by atomic mass is 9.97. The van der Waals surface area contributed by atoms with Gasteiger partial charge in [0.05, 0.1) is 17.4 Å². The number of hydrogen-bond donors (Lipinski definition) is 1. The quantitative estimate of drug-likeness (QED) is 0.560. The number of amides is 1. The Morgan fingerprint density at radius 2 is 2.09 bits per heavy atom. The van der Waals surface area contributed by atoms with Crippen molar-refractivity contribution >= 4 is 16.9 Å². The van der Waals surface area contributed by atoms with Gasteiger partial charge in [-0.15, -0.1) is 0 Å². The van der Waals surface area contributed by atoms with E-state index in [0.29, 0.717) is 23.3 Å². The maximum atomic E-state index is 13.8. The zero-order chi connectivity index (χ0) is 22.7. The Hall–Kier alpha value is -3.22. The fraction of sp³-hybridized carbons (Fsp3) is 0.400. The molecule has 0 spiro atoms. The zero-order valence-electron chi connectivity index (χ0n) is 18.7. The summed E-state index contributed by atoms with van der Waals surface area (Å²) in [4.78, 5) is 29.9. The molecule has 1 N–H and O–H groups in total. The van der Waals surface area contributed by atoms with E-state index >= 15 is 0 Å². The van der Waals surface area contributed by atoms with Crippen LogP contribution in [-0.4, -0.2) is 26.6 Å². The Kier molecular flexibility index (Phi) is 6.53. The van der Waals surface area contributed by atoms with E-state index < -0.39 is 0 Å². The maximum absolute atomic E-state index is 13.8. The number of carbonyl (C=O) groups is 1. The second kappa shape index (κ2) is 9.51. The molecule has 4 rings (SSSR count). The first-order valence-electron chi connectivity index (χ1n) is 11.2. The molecule has 1 amide bonds. The van der Waals surface area contributed by atoms with Gasteiger partial charge in [0, 0.05) is 25.2 Å². The lowest BCUT2D eigenvalue weighted by Gasteiger charge is -2.13. The van der Waals surface area contributed by atoms with Gasteiger partial charge in [-0.1, -0.05) is 17.7 Å². The highest BCUT2D eigenvalue weighted by Gasteiger charge is 2.18. The first kappa shape index (κ1) is 22.0. The minimum Gasteiger partial charge on any atom is -0.356 e. The fourth-order valence-electron chi connectivity index (χ4n) is 4.38. The van der Waals surface area contributed by atoms with E-state index in [1.165, 1.54) is 41.4 Å². The Balaban J connectivity index is 1.48. The van der Waals surface area contributed by atoms with Crippen LogP contribution in [0.2, 0.25) is 0 Å².